The van der Waals surface area contributed by atoms with Crippen molar-refractivity contribution in [2.75, 3.05) is 12.3 Å². The third kappa shape index (κ3) is 3.55. The molecule has 0 saturated carbocycles. The predicted molar refractivity (Wildman–Crippen MR) is 61.1 cm³/mol. The summed E-state index contributed by atoms with van der Waals surface area (Å²) in [7, 11) is 0. The van der Waals surface area contributed by atoms with Crippen LogP contribution in [0.5, 0.6) is 0 Å². The Morgan fingerprint density at radius 1 is 1.47 bits per heavy atom. The summed E-state index contributed by atoms with van der Waals surface area (Å²) in [4.78, 5) is 11.0. The Kier molecular flexibility index (Phi) is 4.63. The summed E-state index contributed by atoms with van der Waals surface area (Å²) in [6.45, 7) is 1.97. The summed E-state index contributed by atoms with van der Waals surface area (Å²) in [5.41, 5.74) is 5.55. The Labute approximate surface area is 97.9 Å². The smallest absolute Gasteiger partial charge is 0.309 e. The van der Waals surface area contributed by atoms with Crippen LogP contribution in [0.25, 0.3) is 6.08 Å². The standard InChI is InChI=1S/C12H13F2NO2/c1-2-17-11(16)5-3-4-8-10(15)7-6-9(13)12(8)14/h3-4,6-7H,2,5,15H2,1H3. The van der Waals surface area contributed by atoms with Crippen molar-refractivity contribution in [2.45, 2.75) is 13.3 Å². The van der Waals surface area contributed by atoms with Gasteiger partial charge in [-0.2, -0.15) is 0 Å². The number of carbonyl (C=O) groups excluding carboxylic acids is 1. The average molecular weight is 241 g/mol. The normalized spacial score (nSPS) is 10.8. The Morgan fingerprint density at radius 2 is 2.18 bits per heavy atom. The number of carbonyl (C=O) groups is 1. The minimum Gasteiger partial charge on any atom is -0.466 e. The molecule has 1 aromatic rings. The van der Waals surface area contributed by atoms with Gasteiger partial charge in [0.1, 0.15) is 0 Å². The molecule has 0 bridgehead atoms. The van der Waals surface area contributed by atoms with E-state index in [-0.39, 0.29) is 24.3 Å². The van der Waals surface area contributed by atoms with Crippen LogP contribution in [0.4, 0.5) is 14.5 Å². The van der Waals surface area contributed by atoms with Crippen LogP contribution in [0.3, 0.4) is 0 Å². The van der Waals surface area contributed by atoms with Crippen molar-refractivity contribution in [1.29, 1.82) is 0 Å². The summed E-state index contributed by atoms with van der Waals surface area (Å²) < 4.78 is 30.9. The van der Waals surface area contributed by atoms with Crippen LogP contribution in [0.15, 0.2) is 18.2 Å². The Bertz CT molecular complexity index is 444. The number of ether oxygens (including phenoxy) is 1. The van der Waals surface area contributed by atoms with Gasteiger partial charge < -0.3 is 10.5 Å². The second kappa shape index (κ2) is 5.98. The van der Waals surface area contributed by atoms with Gasteiger partial charge in [0.25, 0.3) is 0 Å². The first-order valence-corrected chi connectivity index (χ1v) is 5.12. The number of hydrogen-bond donors (Lipinski definition) is 1. The molecular formula is C12H13F2NO2. The lowest BCUT2D eigenvalue weighted by molar-refractivity contribution is -0.142. The summed E-state index contributed by atoms with van der Waals surface area (Å²) >= 11 is 0. The fourth-order valence-electron chi connectivity index (χ4n) is 1.24. The van der Waals surface area contributed by atoms with Gasteiger partial charge in [0.05, 0.1) is 13.0 Å². The highest BCUT2D eigenvalue weighted by molar-refractivity contribution is 5.74. The number of esters is 1. The zero-order valence-corrected chi connectivity index (χ0v) is 9.37. The first-order valence-electron chi connectivity index (χ1n) is 5.12. The second-order valence-electron chi connectivity index (χ2n) is 3.28. The molecule has 0 saturated heterocycles. The van der Waals surface area contributed by atoms with E-state index in [0.717, 1.165) is 6.07 Å². The highest BCUT2D eigenvalue weighted by Gasteiger charge is 2.09. The first-order chi connectivity index (χ1) is 8.06. The van der Waals surface area contributed by atoms with Crippen LogP contribution in [-0.4, -0.2) is 12.6 Å². The monoisotopic (exact) mass is 241 g/mol. The van der Waals surface area contributed by atoms with Gasteiger partial charge in [0.15, 0.2) is 11.6 Å². The molecule has 1 aromatic carbocycles. The topological polar surface area (TPSA) is 52.3 Å². The van der Waals surface area contributed by atoms with Crippen molar-refractivity contribution in [3.8, 4) is 0 Å². The molecule has 1 rings (SSSR count). The highest BCUT2D eigenvalue weighted by Crippen LogP contribution is 2.20. The van der Waals surface area contributed by atoms with Crippen molar-refractivity contribution in [3.63, 3.8) is 0 Å². The Hall–Kier alpha value is -1.91. The maximum absolute atomic E-state index is 13.3. The maximum atomic E-state index is 13.3. The SMILES string of the molecule is CCOC(=O)CC=Cc1c(N)ccc(F)c1F. The minimum absolute atomic E-state index is 0.0107. The van der Waals surface area contributed by atoms with E-state index in [9.17, 15) is 13.6 Å². The molecule has 17 heavy (non-hydrogen) atoms. The summed E-state index contributed by atoms with van der Waals surface area (Å²) in [5.74, 6) is -2.43. The molecular weight excluding hydrogens is 228 g/mol. The van der Waals surface area contributed by atoms with Crippen LogP contribution in [-0.2, 0) is 9.53 Å². The quantitative estimate of drug-likeness (QED) is 0.651. The molecule has 0 unspecified atom stereocenters. The largest absolute Gasteiger partial charge is 0.466 e. The maximum Gasteiger partial charge on any atom is 0.309 e. The van der Waals surface area contributed by atoms with Gasteiger partial charge >= 0.3 is 5.97 Å². The molecule has 0 aliphatic rings. The molecule has 0 amide bonds. The molecule has 5 heteroatoms. The summed E-state index contributed by atoms with van der Waals surface area (Å²) in [6, 6.07) is 2.22. The molecule has 92 valence electrons. The first kappa shape index (κ1) is 13.2. The van der Waals surface area contributed by atoms with E-state index in [1.165, 1.54) is 18.2 Å². The van der Waals surface area contributed by atoms with Crippen LogP contribution in [0, 0.1) is 11.6 Å². The van der Waals surface area contributed by atoms with Crippen molar-refractivity contribution < 1.29 is 18.3 Å². The number of hydrogen-bond acceptors (Lipinski definition) is 3. The molecule has 0 aromatic heterocycles. The van der Waals surface area contributed by atoms with Gasteiger partial charge in [-0.3, -0.25) is 4.79 Å². The van der Waals surface area contributed by atoms with Crippen LogP contribution in [0.2, 0.25) is 0 Å². The number of nitrogens with two attached hydrogens (primary N) is 1. The van der Waals surface area contributed by atoms with Crippen molar-refractivity contribution in [2.24, 2.45) is 0 Å². The molecule has 0 fully saturated rings. The number of benzene rings is 1. The molecule has 2 N–H and O–H groups in total. The third-order valence-electron chi connectivity index (χ3n) is 2.04. The molecule has 0 aliphatic carbocycles. The highest BCUT2D eigenvalue weighted by atomic mass is 19.2. The number of nitrogen functional groups attached to an aromatic ring is 1. The minimum atomic E-state index is -1.02. The van der Waals surface area contributed by atoms with Crippen molar-refractivity contribution in [3.05, 3.63) is 35.4 Å². The lowest BCUT2D eigenvalue weighted by atomic mass is 10.1. The Morgan fingerprint density at radius 3 is 2.82 bits per heavy atom. The third-order valence-corrected chi connectivity index (χ3v) is 2.04. The average Bonchev–Trinajstić information content (AvgIpc) is 2.29. The zero-order valence-electron chi connectivity index (χ0n) is 9.37. The lowest BCUT2D eigenvalue weighted by Crippen LogP contribution is -2.01. The second-order valence-corrected chi connectivity index (χ2v) is 3.28. The molecule has 0 spiro atoms. The van der Waals surface area contributed by atoms with Gasteiger partial charge in [-0.15, -0.1) is 0 Å². The van der Waals surface area contributed by atoms with E-state index >= 15 is 0 Å². The van der Waals surface area contributed by atoms with E-state index < -0.39 is 17.6 Å². The van der Waals surface area contributed by atoms with Gasteiger partial charge in [-0.05, 0) is 19.1 Å². The lowest BCUT2D eigenvalue weighted by Gasteiger charge is -2.03. The molecule has 3 nitrogen and oxygen atoms in total. The van der Waals surface area contributed by atoms with Crippen molar-refractivity contribution in [1.82, 2.24) is 0 Å². The number of anilines is 1. The zero-order chi connectivity index (χ0) is 12.8. The van der Waals surface area contributed by atoms with E-state index in [0.29, 0.717) is 0 Å². The molecule has 0 atom stereocenters. The van der Waals surface area contributed by atoms with E-state index in [2.05, 4.69) is 4.74 Å². The Balaban J connectivity index is 2.78. The van der Waals surface area contributed by atoms with Crippen LogP contribution >= 0.6 is 0 Å². The van der Waals surface area contributed by atoms with Gasteiger partial charge in [0.2, 0.25) is 0 Å². The van der Waals surface area contributed by atoms with Gasteiger partial charge in [-0.1, -0.05) is 12.2 Å². The molecule has 0 radical (unpaired) electrons. The van der Waals surface area contributed by atoms with Gasteiger partial charge in [-0.25, -0.2) is 8.78 Å². The summed E-state index contributed by atoms with van der Waals surface area (Å²) in [6.07, 6.45) is 2.64. The molecule has 0 heterocycles. The van der Waals surface area contributed by atoms with Crippen LogP contribution in [0.1, 0.15) is 18.9 Å². The molecule has 0 aliphatic heterocycles. The fourth-order valence-corrected chi connectivity index (χ4v) is 1.24. The van der Waals surface area contributed by atoms with Crippen LogP contribution < -0.4 is 5.73 Å². The fraction of sp³-hybridized carbons (Fsp3) is 0.250. The van der Waals surface area contributed by atoms with E-state index in [1.807, 2.05) is 0 Å². The summed E-state index contributed by atoms with van der Waals surface area (Å²) in [5, 5.41) is 0. The van der Waals surface area contributed by atoms with E-state index in [1.54, 1.807) is 6.92 Å². The number of halogens is 2. The van der Waals surface area contributed by atoms with E-state index in [4.69, 9.17) is 5.73 Å². The predicted octanol–water partition coefficient (Wildman–Crippen LogP) is 2.51. The van der Waals surface area contributed by atoms with Crippen molar-refractivity contribution >= 4 is 17.7 Å². The number of rotatable bonds is 4. The van der Waals surface area contributed by atoms with Gasteiger partial charge in [0, 0.05) is 11.3 Å².